The van der Waals surface area contributed by atoms with Crippen LogP contribution in [0.25, 0.3) is 11.4 Å². The van der Waals surface area contributed by atoms with Gasteiger partial charge in [-0.25, -0.2) is 12.8 Å². The van der Waals surface area contributed by atoms with E-state index in [0.717, 1.165) is 5.56 Å². The molecule has 1 aromatic heterocycles. The Kier molecular flexibility index (Phi) is 7.37. The SMILES string of the molecule is CC(C)N(C)S(=O)(=O)c1ccc(CNC(=O)CCc2nc(-c3ccc(F)cc3)no2)cc1. The fraction of sp³-hybridized carbons (Fsp3) is 0.318. The highest BCUT2D eigenvalue weighted by atomic mass is 32.2. The summed E-state index contributed by atoms with van der Waals surface area (Å²) in [5.74, 6) is 0.0814. The number of halogens is 1. The molecule has 1 heterocycles. The number of nitrogens with one attached hydrogen (secondary N) is 1. The molecule has 0 aliphatic carbocycles. The number of aryl methyl sites for hydroxylation is 1. The second-order valence-electron chi connectivity index (χ2n) is 7.55. The molecule has 1 amide bonds. The quantitative estimate of drug-likeness (QED) is 0.526. The molecule has 3 rings (SSSR count). The smallest absolute Gasteiger partial charge is 0.243 e. The molecule has 3 aromatic rings. The van der Waals surface area contributed by atoms with Crippen LogP contribution in [0.15, 0.2) is 57.9 Å². The number of nitrogens with zero attached hydrogens (tertiary/aromatic N) is 3. The summed E-state index contributed by atoms with van der Waals surface area (Å²) in [6.07, 6.45) is 0.412. The lowest BCUT2D eigenvalue weighted by Crippen LogP contribution is -2.33. The summed E-state index contributed by atoms with van der Waals surface area (Å²) >= 11 is 0. The van der Waals surface area contributed by atoms with Crippen molar-refractivity contribution in [1.82, 2.24) is 19.8 Å². The van der Waals surface area contributed by atoms with E-state index >= 15 is 0 Å². The van der Waals surface area contributed by atoms with Gasteiger partial charge in [-0.05, 0) is 55.8 Å². The molecule has 0 atom stereocenters. The minimum Gasteiger partial charge on any atom is -0.352 e. The summed E-state index contributed by atoms with van der Waals surface area (Å²) in [6, 6.07) is 12.0. The first kappa shape index (κ1) is 23.6. The second-order valence-corrected chi connectivity index (χ2v) is 9.55. The van der Waals surface area contributed by atoms with Crippen LogP contribution in [-0.2, 0) is 27.8 Å². The maximum absolute atomic E-state index is 13.0. The van der Waals surface area contributed by atoms with Crippen molar-refractivity contribution in [2.24, 2.45) is 0 Å². The maximum Gasteiger partial charge on any atom is 0.243 e. The van der Waals surface area contributed by atoms with Crippen molar-refractivity contribution < 1.29 is 22.1 Å². The first-order chi connectivity index (χ1) is 15.2. The van der Waals surface area contributed by atoms with Crippen molar-refractivity contribution in [2.45, 2.75) is 44.2 Å². The highest BCUT2D eigenvalue weighted by Gasteiger charge is 2.22. The van der Waals surface area contributed by atoms with E-state index in [1.807, 2.05) is 0 Å². The van der Waals surface area contributed by atoms with E-state index in [9.17, 15) is 17.6 Å². The maximum atomic E-state index is 13.0. The first-order valence-electron chi connectivity index (χ1n) is 10.1. The summed E-state index contributed by atoms with van der Waals surface area (Å²) in [6.45, 7) is 3.88. The molecular weight excluding hydrogens is 435 g/mol. The van der Waals surface area contributed by atoms with Gasteiger partial charge in [-0.1, -0.05) is 17.3 Å². The Labute approximate surface area is 186 Å². The van der Waals surface area contributed by atoms with E-state index < -0.39 is 10.0 Å². The third-order valence-corrected chi connectivity index (χ3v) is 7.00. The van der Waals surface area contributed by atoms with Crippen LogP contribution in [0.5, 0.6) is 0 Å². The number of rotatable bonds is 9. The van der Waals surface area contributed by atoms with Crippen LogP contribution >= 0.6 is 0 Å². The van der Waals surface area contributed by atoms with E-state index in [1.165, 1.54) is 28.6 Å². The molecule has 170 valence electrons. The lowest BCUT2D eigenvalue weighted by Gasteiger charge is -2.21. The third-order valence-electron chi connectivity index (χ3n) is 4.95. The Hall–Kier alpha value is -3.11. The normalized spacial score (nSPS) is 11.8. The molecule has 0 unspecified atom stereocenters. The molecule has 8 nitrogen and oxygen atoms in total. The molecular formula is C22H25FN4O4S. The lowest BCUT2D eigenvalue weighted by atomic mass is 10.2. The van der Waals surface area contributed by atoms with Crippen molar-refractivity contribution in [3.63, 3.8) is 0 Å². The molecule has 0 bridgehead atoms. The van der Waals surface area contributed by atoms with E-state index in [-0.39, 0.29) is 42.0 Å². The van der Waals surface area contributed by atoms with Crippen LogP contribution in [0.2, 0.25) is 0 Å². The standard InChI is InChI=1S/C22H25FN4O4S/c1-15(2)27(3)32(29,30)19-10-4-16(5-11-19)14-24-20(28)12-13-21-25-22(26-31-21)17-6-8-18(23)9-7-17/h4-11,15H,12-14H2,1-3H3,(H,24,28). The van der Waals surface area contributed by atoms with Crippen LogP contribution < -0.4 is 5.32 Å². The van der Waals surface area contributed by atoms with Crippen molar-refractivity contribution in [3.8, 4) is 11.4 Å². The Morgan fingerprint density at radius 1 is 1.12 bits per heavy atom. The molecule has 32 heavy (non-hydrogen) atoms. The summed E-state index contributed by atoms with van der Waals surface area (Å²) in [7, 11) is -2.00. The molecule has 10 heteroatoms. The van der Waals surface area contributed by atoms with Gasteiger partial charge in [-0.3, -0.25) is 4.79 Å². The number of hydrogen-bond acceptors (Lipinski definition) is 6. The largest absolute Gasteiger partial charge is 0.352 e. The molecule has 0 radical (unpaired) electrons. The lowest BCUT2D eigenvalue weighted by molar-refractivity contribution is -0.121. The molecule has 0 spiro atoms. The van der Waals surface area contributed by atoms with Gasteiger partial charge in [0.15, 0.2) is 0 Å². The van der Waals surface area contributed by atoms with Gasteiger partial charge in [0.05, 0.1) is 4.90 Å². The van der Waals surface area contributed by atoms with E-state index in [0.29, 0.717) is 17.3 Å². The van der Waals surface area contributed by atoms with Gasteiger partial charge in [-0.15, -0.1) is 0 Å². The van der Waals surface area contributed by atoms with Crippen LogP contribution in [0.4, 0.5) is 4.39 Å². The number of carbonyl (C=O) groups excluding carboxylic acids is 1. The third kappa shape index (κ3) is 5.77. The van der Waals surface area contributed by atoms with Gasteiger partial charge in [0.25, 0.3) is 0 Å². The zero-order valence-electron chi connectivity index (χ0n) is 18.1. The molecule has 0 aliphatic rings. The van der Waals surface area contributed by atoms with Gasteiger partial charge in [0, 0.05) is 38.0 Å². The number of amides is 1. The molecule has 2 aromatic carbocycles. The molecule has 0 aliphatic heterocycles. The summed E-state index contributed by atoms with van der Waals surface area (Å²) in [5.41, 5.74) is 1.40. The number of carbonyl (C=O) groups is 1. The van der Waals surface area contributed by atoms with E-state index in [2.05, 4.69) is 15.5 Å². The fourth-order valence-corrected chi connectivity index (χ4v) is 4.17. The zero-order chi connectivity index (χ0) is 23.3. The van der Waals surface area contributed by atoms with Crippen LogP contribution in [0.1, 0.15) is 31.7 Å². The van der Waals surface area contributed by atoms with Crippen molar-refractivity contribution >= 4 is 15.9 Å². The van der Waals surface area contributed by atoms with Gasteiger partial charge in [0.1, 0.15) is 5.82 Å². The highest BCUT2D eigenvalue weighted by Crippen LogP contribution is 2.18. The summed E-state index contributed by atoms with van der Waals surface area (Å²) in [4.78, 5) is 16.6. The minimum atomic E-state index is -3.54. The average molecular weight is 461 g/mol. The van der Waals surface area contributed by atoms with Gasteiger partial charge in [-0.2, -0.15) is 9.29 Å². The van der Waals surface area contributed by atoms with E-state index in [1.54, 1.807) is 45.2 Å². The number of aromatic nitrogens is 2. The Balaban J connectivity index is 1.50. The Morgan fingerprint density at radius 2 is 1.78 bits per heavy atom. The summed E-state index contributed by atoms with van der Waals surface area (Å²) in [5, 5.41) is 6.63. The zero-order valence-corrected chi connectivity index (χ0v) is 18.9. The minimum absolute atomic E-state index is 0.149. The van der Waals surface area contributed by atoms with Crippen molar-refractivity contribution in [3.05, 3.63) is 65.8 Å². The number of sulfonamides is 1. The van der Waals surface area contributed by atoms with Crippen LogP contribution in [-0.4, -0.2) is 41.9 Å². The van der Waals surface area contributed by atoms with Crippen molar-refractivity contribution in [1.29, 1.82) is 0 Å². The molecule has 1 N–H and O–H groups in total. The predicted octanol–water partition coefficient (Wildman–Crippen LogP) is 3.15. The average Bonchev–Trinajstić information content (AvgIpc) is 3.25. The fourth-order valence-electron chi connectivity index (χ4n) is 2.81. The van der Waals surface area contributed by atoms with Crippen LogP contribution in [0, 0.1) is 5.82 Å². The summed E-state index contributed by atoms with van der Waals surface area (Å²) < 4.78 is 44.5. The van der Waals surface area contributed by atoms with E-state index in [4.69, 9.17) is 4.52 Å². The first-order valence-corrected chi connectivity index (χ1v) is 11.5. The second kappa shape index (κ2) is 10.0. The highest BCUT2D eigenvalue weighted by molar-refractivity contribution is 7.89. The molecule has 0 saturated heterocycles. The van der Waals surface area contributed by atoms with Crippen molar-refractivity contribution in [2.75, 3.05) is 7.05 Å². The molecule has 0 saturated carbocycles. The van der Waals surface area contributed by atoms with Crippen LogP contribution in [0.3, 0.4) is 0 Å². The number of hydrogen-bond donors (Lipinski definition) is 1. The molecule has 0 fully saturated rings. The topological polar surface area (TPSA) is 105 Å². The monoisotopic (exact) mass is 460 g/mol. The predicted molar refractivity (Wildman–Crippen MR) is 116 cm³/mol. The van der Waals surface area contributed by atoms with Gasteiger partial charge >= 0.3 is 0 Å². The Bertz CT molecular complexity index is 1160. The number of benzene rings is 2. The van der Waals surface area contributed by atoms with Gasteiger partial charge in [0.2, 0.25) is 27.6 Å². The van der Waals surface area contributed by atoms with Gasteiger partial charge < -0.3 is 9.84 Å². The Morgan fingerprint density at radius 3 is 2.41 bits per heavy atom.